The van der Waals surface area contributed by atoms with Crippen molar-refractivity contribution in [2.45, 2.75) is 51.7 Å². The molecule has 2 nitrogen and oxygen atoms in total. The molecule has 0 aliphatic heterocycles. The molecule has 1 aromatic carbocycles. The highest BCUT2D eigenvalue weighted by Gasteiger charge is 2.25. The molecule has 2 rings (SSSR count). The summed E-state index contributed by atoms with van der Waals surface area (Å²) in [5.41, 5.74) is 1.00. The predicted molar refractivity (Wildman–Crippen MR) is 71.5 cm³/mol. The van der Waals surface area contributed by atoms with Crippen molar-refractivity contribution in [3.05, 3.63) is 29.6 Å². The zero-order valence-electron chi connectivity index (χ0n) is 11.2. The SMILES string of the molecule is CCCNC1CCC(Oc2cc(F)ccc2C)C1. The number of hydrogen-bond donors (Lipinski definition) is 1. The van der Waals surface area contributed by atoms with Gasteiger partial charge in [0.1, 0.15) is 17.7 Å². The van der Waals surface area contributed by atoms with Crippen LogP contribution in [0.2, 0.25) is 0 Å². The fraction of sp³-hybridized carbons (Fsp3) is 0.600. The highest BCUT2D eigenvalue weighted by molar-refractivity contribution is 5.32. The van der Waals surface area contributed by atoms with Crippen molar-refractivity contribution in [2.24, 2.45) is 0 Å². The molecule has 1 N–H and O–H groups in total. The molecule has 18 heavy (non-hydrogen) atoms. The van der Waals surface area contributed by atoms with Crippen LogP contribution in [0, 0.1) is 12.7 Å². The lowest BCUT2D eigenvalue weighted by Crippen LogP contribution is -2.28. The van der Waals surface area contributed by atoms with Crippen LogP contribution in [0.25, 0.3) is 0 Å². The van der Waals surface area contributed by atoms with Gasteiger partial charge >= 0.3 is 0 Å². The zero-order valence-corrected chi connectivity index (χ0v) is 11.2. The van der Waals surface area contributed by atoms with Crippen LogP contribution in [-0.4, -0.2) is 18.7 Å². The second-order valence-corrected chi connectivity index (χ2v) is 5.11. The molecule has 2 atom stereocenters. The molecule has 0 spiro atoms. The summed E-state index contributed by atoms with van der Waals surface area (Å²) in [6.07, 6.45) is 4.61. The first-order valence-electron chi connectivity index (χ1n) is 6.85. The molecule has 2 unspecified atom stereocenters. The number of aryl methyl sites for hydroxylation is 1. The number of benzene rings is 1. The van der Waals surface area contributed by atoms with E-state index in [2.05, 4.69) is 12.2 Å². The Hall–Kier alpha value is -1.09. The lowest BCUT2D eigenvalue weighted by atomic mass is 10.2. The number of hydrogen-bond acceptors (Lipinski definition) is 2. The van der Waals surface area contributed by atoms with E-state index in [4.69, 9.17) is 4.74 Å². The van der Waals surface area contributed by atoms with Crippen molar-refractivity contribution in [2.75, 3.05) is 6.54 Å². The van der Waals surface area contributed by atoms with Crippen molar-refractivity contribution >= 4 is 0 Å². The molecule has 3 heteroatoms. The standard InChI is InChI=1S/C15H22FNO/c1-3-8-17-13-6-7-14(10-13)18-15-9-12(16)5-4-11(15)2/h4-5,9,13-14,17H,3,6-8,10H2,1-2H3. The summed E-state index contributed by atoms with van der Waals surface area (Å²) in [5.74, 6) is 0.463. The van der Waals surface area contributed by atoms with Crippen molar-refractivity contribution in [1.82, 2.24) is 5.32 Å². The first-order chi connectivity index (χ1) is 8.69. The molecule has 1 aromatic rings. The minimum absolute atomic E-state index is 0.222. The molecule has 0 bridgehead atoms. The van der Waals surface area contributed by atoms with Crippen LogP contribution in [0.1, 0.15) is 38.2 Å². The fourth-order valence-electron chi connectivity index (χ4n) is 2.46. The molecular formula is C15H22FNO. The van der Waals surface area contributed by atoms with Crippen LogP contribution >= 0.6 is 0 Å². The van der Waals surface area contributed by atoms with Crippen molar-refractivity contribution in [3.8, 4) is 5.75 Å². The molecule has 0 saturated heterocycles. The summed E-state index contributed by atoms with van der Waals surface area (Å²) >= 11 is 0. The van der Waals surface area contributed by atoms with E-state index >= 15 is 0 Å². The average molecular weight is 251 g/mol. The molecule has 0 radical (unpaired) electrons. The Balaban J connectivity index is 1.89. The van der Waals surface area contributed by atoms with Gasteiger partial charge in [0, 0.05) is 12.1 Å². The second-order valence-electron chi connectivity index (χ2n) is 5.11. The van der Waals surface area contributed by atoms with Gasteiger partial charge in [0.2, 0.25) is 0 Å². The van der Waals surface area contributed by atoms with Crippen LogP contribution in [-0.2, 0) is 0 Å². The molecule has 100 valence electrons. The van der Waals surface area contributed by atoms with Crippen LogP contribution in [0.5, 0.6) is 5.75 Å². The summed E-state index contributed by atoms with van der Waals surface area (Å²) in [6, 6.07) is 5.29. The molecule has 1 saturated carbocycles. The van der Waals surface area contributed by atoms with Gasteiger partial charge in [-0.1, -0.05) is 13.0 Å². The van der Waals surface area contributed by atoms with E-state index in [1.54, 1.807) is 6.07 Å². The fourth-order valence-corrected chi connectivity index (χ4v) is 2.46. The van der Waals surface area contributed by atoms with Crippen LogP contribution < -0.4 is 10.1 Å². The van der Waals surface area contributed by atoms with Crippen LogP contribution in [0.3, 0.4) is 0 Å². The summed E-state index contributed by atoms with van der Waals surface area (Å²) in [5, 5.41) is 3.52. The van der Waals surface area contributed by atoms with Gasteiger partial charge in [-0.05, 0) is 50.8 Å². The Bertz CT molecular complexity index is 394. The Morgan fingerprint density at radius 3 is 3.00 bits per heavy atom. The van der Waals surface area contributed by atoms with E-state index in [-0.39, 0.29) is 11.9 Å². The summed E-state index contributed by atoms with van der Waals surface area (Å²) < 4.78 is 19.1. The van der Waals surface area contributed by atoms with Gasteiger partial charge in [0.25, 0.3) is 0 Å². The summed E-state index contributed by atoms with van der Waals surface area (Å²) in [4.78, 5) is 0. The number of halogens is 1. The monoisotopic (exact) mass is 251 g/mol. The molecule has 1 fully saturated rings. The van der Waals surface area contributed by atoms with Gasteiger partial charge in [0.15, 0.2) is 0 Å². The van der Waals surface area contributed by atoms with Crippen molar-refractivity contribution in [1.29, 1.82) is 0 Å². The van der Waals surface area contributed by atoms with Crippen molar-refractivity contribution in [3.63, 3.8) is 0 Å². The highest BCUT2D eigenvalue weighted by atomic mass is 19.1. The molecule has 1 aliphatic carbocycles. The van der Waals surface area contributed by atoms with Gasteiger partial charge in [-0.25, -0.2) is 4.39 Å². The van der Waals surface area contributed by atoms with Crippen LogP contribution in [0.15, 0.2) is 18.2 Å². The molecule has 0 aromatic heterocycles. The Morgan fingerprint density at radius 1 is 1.39 bits per heavy atom. The van der Waals surface area contributed by atoms with E-state index < -0.39 is 0 Å². The third-order valence-corrected chi connectivity index (χ3v) is 3.51. The van der Waals surface area contributed by atoms with E-state index in [1.165, 1.54) is 12.1 Å². The van der Waals surface area contributed by atoms with Gasteiger partial charge in [-0.2, -0.15) is 0 Å². The van der Waals surface area contributed by atoms with Crippen LogP contribution in [0.4, 0.5) is 4.39 Å². The van der Waals surface area contributed by atoms with E-state index in [0.717, 1.165) is 37.8 Å². The minimum Gasteiger partial charge on any atom is -0.490 e. The minimum atomic E-state index is -0.228. The first kappa shape index (κ1) is 13.3. The lowest BCUT2D eigenvalue weighted by molar-refractivity contribution is 0.204. The Kier molecular flexibility index (Phi) is 4.59. The second kappa shape index (κ2) is 6.19. The Labute approximate surface area is 109 Å². The van der Waals surface area contributed by atoms with E-state index in [9.17, 15) is 4.39 Å². The summed E-state index contributed by atoms with van der Waals surface area (Å²) in [6.45, 7) is 5.19. The maximum absolute atomic E-state index is 13.2. The topological polar surface area (TPSA) is 21.3 Å². The first-order valence-corrected chi connectivity index (χ1v) is 6.85. The molecule has 0 amide bonds. The normalized spacial score (nSPS) is 23.3. The largest absolute Gasteiger partial charge is 0.490 e. The maximum Gasteiger partial charge on any atom is 0.126 e. The molecule has 0 heterocycles. The molecule has 1 aliphatic rings. The third-order valence-electron chi connectivity index (χ3n) is 3.51. The van der Waals surface area contributed by atoms with E-state index in [1.807, 2.05) is 6.92 Å². The average Bonchev–Trinajstić information content (AvgIpc) is 2.79. The maximum atomic E-state index is 13.2. The molecular weight excluding hydrogens is 229 g/mol. The Morgan fingerprint density at radius 2 is 2.22 bits per heavy atom. The van der Waals surface area contributed by atoms with Crippen molar-refractivity contribution < 1.29 is 9.13 Å². The van der Waals surface area contributed by atoms with Gasteiger partial charge in [-0.15, -0.1) is 0 Å². The zero-order chi connectivity index (χ0) is 13.0. The number of rotatable bonds is 5. The van der Waals surface area contributed by atoms with Gasteiger partial charge < -0.3 is 10.1 Å². The highest BCUT2D eigenvalue weighted by Crippen LogP contribution is 2.27. The number of ether oxygens (including phenoxy) is 1. The van der Waals surface area contributed by atoms with Gasteiger partial charge in [0.05, 0.1) is 0 Å². The predicted octanol–water partition coefficient (Wildman–Crippen LogP) is 3.43. The van der Waals surface area contributed by atoms with Gasteiger partial charge in [-0.3, -0.25) is 0 Å². The smallest absolute Gasteiger partial charge is 0.126 e. The lowest BCUT2D eigenvalue weighted by Gasteiger charge is -2.16. The summed E-state index contributed by atoms with van der Waals surface area (Å²) in [7, 11) is 0. The quantitative estimate of drug-likeness (QED) is 0.865. The third kappa shape index (κ3) is 3.45. The number of nitrogens with one attached hydrogen (secondary N) is 1. The van der Waals surface area contributed by atoms with E-state index in [0.29, 0.717) is 11.8 Å².